The summed E-state index contributed by atoms with van der Waals surface area (Å²) >= 11 is 5.64. The summed E-state index contributed by atoms with van der Waals surface area (Å²) in [7, 11) is 0. The SMILES string of the molecule is CC(O)c1c(NC(=O)OC(C)(C)C)ccc(Cl)c1F. The Morgan fingerprint density at radius 3 is 2.53 bits per heavy atom. The van der Waals surface area contributed by atoms with E-state index in [1.54, 1.807) is 20.8 Å². The van der Waals surface area contributed by atoms with Gasteiger partial charge in [-0.25, -0.2) is 9.18 Å². The lowest BCUT2D eigenvalue weighted by molar-refractivity contribution is 0.0635. The minimum atomic E-state index is -1.11. The largest absolute Gasteiger partial charge is 0.444 e. The highest BCUT2D eigenvalue weighted by Gasteiger charge is 2.21. The van der Waals surface area contributed by atoms with Gasteiger partial charge in [0.25, 0.3) is 0 Å². The van der Waals surface area contributed by atoms with Crippen LogP contribution in [0.15, 0.2) is 12.1 Å². The highest BCUT2D eigenvalue weighted by Crippen LogP contribution is 2.30. The van der Waals surface area contributed by atoms with Gasteiger partial charge in [-0.05, 0) is 39.8 Å². The van der Waals surface area contributed by atoms with Crippen LogP contribution in [0.1, 0.15) is 39.4 Å². The molecule has 2 N–H and O–H groups in total. The van der Waals surface area contributed by atoms with Gasteiger partial charge in [-0.2, -0.15) is 0 Å². The van der Waals surface area contributed by atoms with Gasteiger partial charge in [0, 0.05) is 5.56 Å². The van der Waals surface area contributed by atoms with E-state index >= 15 is 0 Å². The van der Waals surface area contributed by atoms with Crippen molar-refractivity contribution in [2.75, 3.05) is 5.32 Å². The number of aliphatic hydroxyl groups is 1. The molecular formula is C13H17ClFNO3. The summed E-state index contributed by atoms with van der Waals surface area (Å²) in [6.45, 7) is 6.52. The van der Waals surface area contributed by atoms with Crippen LogP contribution in [0.3, 0.4) is 0 Å². The van der Waals surface area contributed by atoms with Crippen molar-refractivity contribution < 1.29 is 19.0 Å². The van der Waals surface area contributed by atoms with E-state index in [1.807, 2.05) is 0 Å². The Morgan fingerprint density at radius 1 is 1.47 bits per heavy atom. The summed E-state index contributed by atoms with van der Waals surface area (Å²) in [5.41, 5.74) is -0.607. The molecule has 0 saturated heterocycles. The number of nitrogens with one attached hydrogen (secondary N) is 1. The molecule has 0 spiro atoms. The van der Waals surface area contributed by atoms with Crippen LogP contribution in [0.2, 0.25) is 5.02 Å². The second-order valence-corrected chi connectivity index (χ2v) is 5.53. The van der Waals surface area contributed by atoms with Gasteiger partial charge in [0.15, 0.2) is 0 Å². The molecule has 1 atom stereocenters. The Morgan fingerprint density at radius 2 is 2.05 bits per heavy atom. The molecule has 6 heteroatoms. The van der Waals surface area contributed by atoms with Crippen LogP contribution in [0.5, 0.6) is 0 Å². The smallest absolute Gasteiger partial charge is 0.412 e. The van der Waals surface area contributed by atoms with Gasteiger partial charge in [0.05, 0.1) is 16.8 Å². The third kappa shape index (κ3) is 4.36. The van der Waals surface area contributed by atoms with Gasteiger partial charge >= 0.3 is 6.09 Å². The molecule has 4 nitrogen and oxygen atoms in total. The molecule has 1 rings (SSSR count). The van der Waals surface area contributed by atoms with Crippen LogP contribution in [-0.2, 0) is 4.74 Å². The fourth-order valence-corrected chi connectivity index (χ4v) is 1.66. The van der Waals surface area contributed by atoms with Crippen LogP contribution in [0.4, 0.5) is 14.9 Å². The topological polar surface area (TPSA) is 58.6 Å². The van der Waals surface area contributed by atoms with E-state index in [9.17, 15) is 14.3 Å². The van der Waals surface area contributed by atoms with Gasteiger partial charge in [-0.15, -0.1) is 0 Å². The minimum absolute atomic E-state index is 0.0710. The van der Waals surface area contributed by atoms with E-state index in [2.05, 4.69) is 5.32 Å². The first-order chi connectivity index (χ1) is 8.61. The molecule has 0 bridgehead atoms. The maximum atomic E-state index is 13.8. The van der Waals surface area contributed by atoms with Crippen LogP contribution < -0.4 is 5.32 Å². The maximum absolute atomic E-state index is 13.8. The zero-order valence-corrected chi connectivity index (χ0v) is 12.0. The molecule has 0 saturated carbocycles. The lowest BCUT2D eigenvalue weighted by Gasteiger charge is -2.21. The van der Waals surface area contributed by atoms with Crippen molar-refractivity contribution in [2.45, 2.75) is 39.4 Å². The molecule has 1 unspecified atom stereocenters. The third-order valence-electron chi connectivity index (χ3n) is 2.19. The first-order valence-electron chi connectivity index (χ1n) is 5.78. The number of benzene rings is 1. The number of carbonyl (C=O) groups is 1. The van der Waals surface area contributed by atoms with Crippen molar-refractivity contribution in [3.63, 3.8) is 0 Å². The summed E-state index contributed by atoms with van der Waals surface area (Å²) in [5, 5.41) is 11.8. The lowest BCUT2D eigenvalue weighted by atomic mass is 10.1. The number of hydrogen-bond acceptors (Lipinski definition) is 3. The highest BCUT2D eigenvalue weighted by atomic mass is 35.5. The van der Waals surface area contributed by atoms with Crippen LogP contribution in [-0.4, -0.2) is 16.8 Å². The van der Waals surface area contributed by atoms with Crippen LogP contribution in [0, 0.1) is 5.82 Å². The number of amides is 1. The number of carbonyl (C=O) groups excluding carboxylic acids is 1. The van der Waals surface area contributed by atoms with E-state index < -0.39 is 23.6 Å². The van der Waals surface area contributed by atoms with E-state index in [0.29, 0.717) is 0 Å². The zero-order chi connectivity index (χ0) is 14.8. The first kappa shape index (κ1) is 15.7. The summed E-state index contributed by atoms with van der Waals surface area (Å²) in [6.07, 6.45) is -1.83. The molecule has 0 aromatic heterocycles. The van der Waals surface area contributed by atoms with Crippen LogP contribution in [0.25, 0.3) is 0 Å². The maximum Gasteiger partial charge on any atom is 0.412 e. The monoisotopic (exact) mass is 289 g/mol. The highest BCUT2D eigenvalue weighted by molar-refractivity contribution is 6.30. The molecule has 1 amide bonds. The molecule has 0 radical (unpaired) electrons. The van der Waals surface area contributed by atoms with Gasteiger partial charge < -0.3 is 9.84 Å². The molecule has 1 aromatic rings. The predicted molar refractivity (Wildman–Crippen MR) is 71.9 cm³/mol. The van der Waals surface area contributed by atoms with Crippen LogP contribution >= 0.6 is 11.6 Å². The number of rotatable bonds is 2. The Hall–Kier alpha value is -1.33. The second kappa shape index (κ2) is 5.75. The molecule has 0 aliphatic rings. The Kier molecular flexibility index (Phi) is 4.76. The normalized spacial score (nSPS) is 13.0. The van der Waals surface area contributed by atoms with E-state index in [1.165, 1.54) is 19.1 Å². The standard InChI is InChI=1S/C13H17ClFNO3/c1-7(17)10-9(6-5-8(14)11(10)15)16-12(18)19-13(2,3)4/h5-7,17H,1-4H3,(H,16,18). The molecule has 0 aliphatic heterocycles. The lowest BCUT2D eigenvalue weighted by Crippen LogP contribution is -2.27. The average molecular weight is 290 g/mol. The third-order valence-corrected chi connectivity index (χ3v) is 2.48. The van der Waals surface area contributed by atoms with E-state index in [-0.39, 0.29) is 16.3 Å². The summed E-state index contributed by atoms with van der Waals surface area (Å²) in [4.78, 5) is 11.6. The van der Waals surface area contributed by atoms with Crippen molar-refractivity contribution in [3.05, 3.63) is 28.5 Å². The molecule has 0 heterocycles. The van der Waals surface area contributed by atoms with Crippen molar-refractivity contribution in [3.8, 4) is 0 Å². The molecule has 1 aromatic carbocycles. The first-order valence-corrected chi connectivity index (χ1v) is 6.15. The summed E-state index contributed by atoms with van der Waals surface area (Å²) in [5.74, 6) is -0.759. The van der Waals surface area contributed by atoms with Crippen molar-refractivity contribution in [2.24, 2.45) is 0 Å². The Balaban J connectivity index is 3.02. The average Bonchev–Trinajstić information content (AvgIpc) is 2.20. The zero-order valence-electron chi connectivity index (χ0n) is 11.3. The van der Waals surface area contributed by atoms with E-state index in [0.717, 1.165) is 0 Å². The number of ether oxygens (including phenoxy) is 1. The molecular weight excluding hydrogens is 273 g/mol. The summed E-state index contributed by atoms with van der Waals surface area (Å²) < 4.78 is 18.9. The Bertz CT molecular complexity index is 484. The fraction of sp³-hybridized carbons (Fsp3) is 0.462. The number of hydrogen-bond donors (Lipinski definition) is 2. The molecule has 19 heavy (non-hydrogen) atoms. The number of aliphatic hydroxyl groups excluding tert-OH is 1. The molecule has 0 fully saturated rings. The quantitative estimate of drug-likeness (QED) is 0.868. The van der Waals surface area contributed by atoms with Crippen molar-refractivity contribution in [1.82, 2.24) is 0 Å². The second-order valence-electron chi connectivity index (χ2n) is 5.13. The fourth-order valence-electron chi connectivity index (χ4n) is 1.50. The minimum Gasteiger partial charge on any atom is -0.444 e. The van der Waals surface area contributed by atoms with Gasteiger partial charge in [-0.3, -0.25) is 5.32 Å². The number of anilines is 1. The summed E-state index contributed by atoms with van der Waals surface area (Å²) in [6, 6.07) is 2.72. The van der Waals surface area contributed by atoms with Gasteiger partial charge in [0.1, 0.15) is 11.4 Å². The Labute approximate surface area is 116 Å². The van der Waals surface area contributed by atoms with Crippen molar-refractivity contribution in [1.29, 1.82) is 0 Å². The molecule has 106 valence electrons. The predicted octanol–water partition coefficient (Wildman–Crippen LogP) is 3.88. The van der Waals surface area contributed by atoms with E-state index in [4.69, 9.17) is 16.3 Å². The number of halogens is 2. The van der Waals surface area contributed by atoms with Crippen molar-refractivity contribution >= 4 is 23.4 Å². The van der Waals surface area contributed by atoms with Gasteiger partial charge in [-0.1, -0.05) is 11.6 Å². The molecule has 0 aliphatic carbocycles. The van der Waals surface area contributed by atoms with Gasteiger partial charge in [0.2, 0.25) is 0 Å².